The zero-order valence-corrected chi connectivity index (χ0v) is 8.42. The third-order valence-corrected chi connectivity index (χ3v) is 3.02. The molecule has 2 rings (SSSR count). The first-order valence-corrected chi connectivity index (χ1v) is 5.04. The van der Waals surface area contributed by atoms with E-state index in [4.69, 9.17) is 5.73 Å². The van der Waals surface area contributed by atoms with Gasteiger partial charge in [0.25, 0.3) is 0 Å². The van der Waals surface area contributed by atoms with Gasteiger partial charge in [0.2, 0.25) is 0 Å². The van der Waals surface area contributed by atoms with Crippen LogP contribution in [-0.4, -0.2) is 16.1 Å². The van der Waals surface area contributed by atoms with Gasteiger partial charge in [0.15, 0.2) is 4.73 Å². The first kappa shape index (κ1) is 8.26. The molecule has 1 unspecified atom stereocenters. The SMILES string of the molecule is NCC1CCCc2cnc(Br)n21. The minimum atomic E-state index is 0.450. The molecule has 2 heterocycles. The van der Waals surface area contributed by atoms with E-state index in [1.165, 1.54) is 18.5 Å². The molecule has 1 atom stereocenters. The Hall–Kier alpha value is -0.350. The van der Waals surface area contributed by atoms with Gasteiger partial charge in [-0.25, -0.2) is 4.98 Å². The second-order valence-electron chi connectivity index (χ2n) is 3.17. The van der Waals surface area contributed by atoms with Gasteiger partial charge in [0.1, 0.15) is 0 Å². The number of aromatic nitrogens is 2. The van der Waals surface area contributed by atoms with Gasteiger partial charge in [-0.15, -0.1) is 0 Å². The van der Waals surface area contributed by atoms with Crippen molar-refractivity contribution >= 4 is 15.9 Å². The van der Waals surface area contributed by atoms with Crippen molar-refractivity contribution in [3.8, 4) is 0 Å². The summed E-state index contributed by atoms with van der Waals surface area (Å²) in [7, 11) is 0. The number of rotatable bonds is 1. The molecule has 1 aliphatic heterocycles. The lowest BCUT2D eigenvalue weighted by Gasteiger charge is -2.24. The van der Waals surface area contributed by atoms with E-state index in [2.05, 4.69) is 25.5 Å². The molecule has 66 valence electrons. The molecule has 0 aliphatic carbocycles. The molecule has 1 aromatic rings. The Balaban J connectivity index is 2.41. The van der Waals surface area contributed by atoms with E-state index >= 15 is 0 Å². The highest BCUT2D eigenvalue weighted by atomic mass is 79.9. The fraction of sp³-hybridized carbons (Fsp3) is 0.625. The first-order chi connectivity index (χ1) is 5.83. The van der Waals surface area contributed by atoms with Crippen molar-refractivity contribution in [2.24, 2.45) is 5.73 Å². The molecule has 0 spiro atoms. The molecule has 0 aromatic carbocycles. The largest absolute Gasteiger partial charge is 0.328 e. The van der Waals surface area contributed by atoms with Crippen molar-refractivity contribution in [2.75, 3.05) is 6.54 Å². The van der Waals surface area contributed by atoms with E-state index < -0.39 is 0 Å². The van der Waals surface area contributed by atoms with Gasteiger partial charge in [0, 0.05) is 24.5 Å². The molecule has 1 aliphatic rings. The monoisotopic (exact) mass is 229 g/mol. The summed E-state index contributed by atoms with van der Waals surface area (Å²) in [6.07, 6.45) is 5.49. The van der Waals surface area contributed by atoms with E-state index in [1.54, 1.807) is 0 Å². The molecule has 1 aromatic heterocycles. The van der Waals surface area contributed by atoms with Crippen LogP contribution in [0.1, 0.15) is 24.6 Å². The van der Waals surface area contributed by atoms with Gasteiger partial charge in [-0.1, -0.05) is 0 Å². The van der Waals surface area contributed by atoms with Crippen molar-refractivity contribution in [1.29, 1.82) is 0 Å². The second kappa shape index (κ2) is 3.18. The summed E-state index contributed by atoms with van der Waals surface area (Å²) in [5, 5.41) is 0. The van der Waals surface area contributed by atoms with Gasteiger partial charge >= 0.3 is 0 Å². The van der Waals surface area contributed by atoms with Crippen LogP contribution >= 0.6 is 15.9 Å². The molecule has 0 bridgehead atoms. The average molecular weight is 230 g/mol. The Kier molecular flexibility index (Phi) is 2.19. The second-order valence-corrected chi connectivity index (χ2v) is 3.88. The first-order valence-electron chi connectivity index (χ1n) is 4.24. The number of fused-ring (bicyclic) bond motifs is 1. The van der Waals surface area contributed by atoms with Gasteiger partial charge in [0.05, 0.1) is 0 Å². The highest BCUT2D eigenvalue weighted by molar-refractivity contribution is 9.10. The van der Waals surface area contributed by atoms with Crippen LogP contribution in [0.15, 0.2) is 10.9 Å². The minimum Gasteiger partial charge on any atom is -0.328 e. The fourth-order valence-corrected chi connectivity index (χ4v) is 2.43. The van der Waals surface area contributed by atoms with Crippen LogP contribution in [0.5, 0.6) is 0 Å². The van der Waals surface area contributed by atoms with Gasteiger partial charge in [-0.2, -0.15) is 0 Å². The van der Waals surface area contributed by atoms with Crippen LogP contribution in [-0.2, 0) is 6.42 Å². The smallest absolute Gasteiger partial charge is 0.177 e. The van der Waals surface area contributed by atoms with Gasteiger partial charge in [-0.3, -0.25) is 0 Å². The maximum absolute atomic E-state index is 5.68. The molecule has 12 heavy (non-hydrogen) atoms. The number of halogens is 1. The molecule has 3 nitrogen and oxygen atoms in total. The third kappa shape index (κ3) is 1.19. The summed E-state index contributed by atoms with van der Waals surface area (Å²) in [5.74, 6) is 0. The lowest BCUT2D eigenvalue weighted by atomic mass is 10.0. The summed E-state index contributed by atoms with van der Waals surface area (Å²) < 4.78 is 3.14. The summed E-state index contributed by atoms with van der Waals surface area (Å²) >= 11 is 3.43. The maximum Gasteiger partial charge on any atom is 0.177 e. The van der Waals surface area contributed by atoms with Gasteiger partial charge < -0.3 is 10.3 Å². The van der Waals surface area contributed by atoms with Crippen LogP contribution in [0.4, 0.5) is 0 Å². The van der Waals surface area contributed by atoms with Crippen LogP contribution in [0.25, 0.3) is 0 Å². The number of imidazole rings is 1. The van der Waals surface area contributed by atoms with Gasteiger partial charge in [-0.05, 0) is 35.2 Å². The van der Waals surface area contributed by atoms with Crippen molar-refractivity contribution < 1.29 is 0 Å². The number of nitrogens with two attached hydrogens (primary N) is 1. The molecule has 0 saturated carbocycles. The number of nitrogens with zero attached hydrogens (tertiary/aromatic N) is 2. The molecule has 0 saturated heterocycles. The predicted octanol–water partition coefficient (Wildman–Crippen LogP) is 1.48. The standard InChI is InChI=1S/C8H12BrN3/c9-8-11-5-7-3-1-2-6(4-10)12(7)8/h5-6H,1-4,10H2. The highest BCUT2D eigenvalue weighted by Gasteiger charge is 2.20. The normalized spacial score (nSPS) is 22.3. The average Bonchev–Trinajstić information content (AvgIpc) is 2.48. The van der Waals surface area contributed by atoms with E-state index in [1.807, 2.05) is 6.20 Å². The van der Waals surface area contributed by atoms with E-state index in [0.717, 1.165) is 11.2 Å². The maximum atomic E-state index is 5.68. The van der Waals surface area contributed by atoms with Crippen molar-refractivity contribution in [3.63, 3.8) is 0 Å². The summed E-state index contributed by atoms with van der Waals surface area (Å²) in [6.45, 7) is 0.710. The predicted molar refractivity (Wildman–Crippen MR) is 51.0 cm³/mol. The van der Waals surface area contributed by atoms with Crippen molar-refractivity contribution in [2.45, 2.75) is 25.3 Å². The lowest BCUT2D eigenvalue weighted by Crippen LogP contribution is -2.24. The molecular formula is C8H12BrN3. The Morgan fingerprint density at radius 2 is 2.58 bits per heavy atom. The molecular weight excluding hydrogens is 218 g/mol. The van der Waals surface area contributed by atoms with Crippen molar-refractivity contribution in [3.05, 3.63) is 16.6 Å². The van der Waals surface area contributed by atoms with Crippen LogP contribution in [0, 0.1) is 0 Å². The third-order valence-electron chi connectivity index (χ3n) is 2.44. The van der Waals surface area contributed by atoms with E-state index in [9.17, 15) is 0 Å². The Morgan fingerprint density at radius 3 is 3.33 bits per heavy atom. The molecule has 0 fully saturated rings. The zero-order valence-electron chi connectivity index (χ0n) is 6.83. The summed E-state index contributed by atoms with van der Waals surface area (Å²) in [5.41, 5.74) is 6.99. The number of aryl methyl sites for hydroxylation is 1. The molecule has 0 amide bonds. The van der Waals surface area contributed by atoms with E-state index in [-0.39, 0.29) is 0 Å². The van der Waals surface area contributed by atoms with Crippen LogP contribution in [0.3, 0.4) is 0 Å². The molecule has 2 N–H and O–H groups in total. The quantitative estimate of drug-likeness (QED) is 0.794. The Morgan fingerprint density at radius 1 is 1.75 bits per heavy atom. The van der Waals surface area contributed by atoms with E-state index in [0.29, 0.717) is 12.6 Å². The summed E-state index contributed by atoms with van der Waals surface area (Å²) in [6, 6.07) is 0.450. The minimum absolute atomic E-state index is 0.450. The summed E-state index contributed by atoms with van der Waals surface area (Å²) in [4.78, 5) is 4.22. The lowest BCUT2D eigenvalue weighted by molar-refractivity contribution is 0.403. The molecule has 0 radical (unpaired) electrons. The fourth-order valence-electron chi connectivity index (χ4n) is 1.81. The highest BCUT2D eigenvalue weighted by Crippen LogP contribution is 2.27. The Labute approximate surface area is 80.1 Å². The van der Waals surface area contributed by atoms with Crippen LogP contribution < -0.4 is 5.73 Å². The van der Waals surface area contributed by atoms with Crippen molar-refractivity contribution in [1.82, 2.24) is 9.55 Å². The number of hydrogen-bond donors (Lipinski definition) is 1. The van der Waals surface area contributed by atoms with Crippen LogP contribution in [0.2, 0.25) is 0 Å². The molecule has 4 heteroatoms. The Bertz CT molecular complexity index is 282. The number of hydrogen-bond acceptors (Lipinski definition) is 2. The topological polar surface area (TPSA) is 43.8 Å². The zero-order chi connectivity index (χ0) is 8.55.